The Morgan fingerprint density at radius 2 is 1.30 bits per heavy atom. The van der Waals surface area contributed by atoms with E-state index in [2.05, 4.69) is 137 Å². The highest BCUT2D eigenvalue weighted by molar-refractivity contribution is 5.86. The van der Waals surface area contributed by atoms with Crippen molar-refractivity contribution in [2.75, 3.05) is 4.90 Å². The summed E-state index contributed by atoms with van der Waals surface area (Å²) in [4.78, 5) is 2.50. The van der Waals surface area contributed by atoms with Crippen molar-refractivity contribution in [3.05, 3.63) is 108 Å². The van der Waals surface area contributed by atoms with E-state index in [9.17, 15) is 0 Å². The van der Waals surface area contributed by atoms with Gasteiger partial charge >= 0.3 is 0 Å². The molecule has 166 valence electrons. The predicted molar refractivity (Wildman–Crippen MR) is 143 cm³/mol. The highest BCUT2D eigenvalue weighted by atomic mass is 15.2. The van der Waals surface area contributed by atoms with Crippen LogP contribution < -0.4 is 4.90 Å². The zero-order chi connectivity index (χ0) is 23.4. The van der Waals surface area contributed by atoms with Crippen LogP contribution in [0.1, 0.15) is 51.3 Å². The fourth-order valence-corrected chi connectivity index (χ4v) is 5.43. The third kappa shape index (κ3) is 3.56. The molecule has 0 N–H and O–H groups in total. The van der Waals surface area contributed by atoms with Crippen molar-refractivity contribution >= 4 is 11.4 Å². The third-order valence-electron chi connectivity index (χ3n) is 7.02. The second-order valence-corrected chi connectivity index (χ2v) is 10.8. The van der Waals surface area contributed by atoms with E-state index < -0.39 is 0 Å². The van der Waals surface area contributed by atoms with Gasteiger partial charge in [-0.15, -0.1) is 0 Å². The van der Waals surface area contributed by atoms with Crippen LogP contribution in [-0.2, 0) is 5.41 Å². The minimum atomic E-state index is -0.0814. The Balaban J connectivity index is 1.70. The highest BCUT2D eigenvalue weighted by Gasteiger charge is 2.37. The summed E-state index contributed by atoms with van der Waals surface area (Å²) in [6, 6.07) is 33.3. The molecule has 0 radical (unpaired) electrons. The molecule has 0 saturated heterocycles. The lowest BCUT2D eigenvalue weighted by atomic mass is 9.82. The van der Waals surface area contributed by atoms with Crippen molar-refractivity contribution < 1.29 is 0 Å². The van der Waals surface area contributed by atoms with Gasteiger partial charge in [-0.2, -0.15) is 0 Å². The Labute approximate surface area is 198 Å². The van der Waals surface area contributed by atoms with Gasteiger partial charge in [0.2, 0.25) is 0 Å². The molecule has 33 heavy (non-hydrogen) atoms. The van der Waals surface area contributed by atoms with E-state index in [1.807, 2.05) is 0 Å². The minimum absolute atomic E-state index is 0.0228. The van der Waals surface area contributed by atoms with Crippen LogP contribution in [0, 0.1) is 6.92 Å². The molecular formula is C32H33N. The number of hydrogen-bond acceptors (Lipinski definition) is 1. The Bertz CT molecular complexity index is 1320. The molecule has 0 heterocycles. The molecule has 1 nitrogen and oxygen atoms in total. The molecule has 1 aliphatic rings. The van der Waals surface area contributed by atoms with Crippen LogP contribution in [0.3, 0.4) is 0 Å². The number of anilines is 2. The van der Waals surface area contributed by atoms with Gasteiger partial charge in [-0.3, -0.25) is 0 Å². The Morgan fingerprint density at radius 3 is 2.03 bits per heavy atom. The SMILES string of the molecule is Cc1cc2c(cc1N(c1cccc(-c3ccccc3)c1)C(C)(C)C)-c1ccccc1C2(C)C. The predicted octanol–water partition coefficient (Wildman–Crippen LogP) is 8.90. The Hall–Kier alpha value is -3.32. The van der Waals surface area contributed by atoms with E-state index in [0.29, 0.717) is 0 Å². The van der Waals surface area contributed by atoms with E-state index in [4.69, 9.17) is 0 Å². The average Bonchev–Trinajstić information content (AvgIpc) is 3.01. The number of nitrogens with zero attached hydrogens (tertiary/aromatic N) is 1. The van der Waals surface area contributed by atoms with Crippen molar-refractivity contribution in [1.82, 2.24) is 0 Å². The molecule has 0 fully saturated rings. The summed E-state index contributed by atoms with van der Waals surface area (Å²) in [7, 11) is 0. The van der Waals surface area contributed by atoms with Crippen molar-refractivity contribution in [1.29, 1.82) is 0 Å². The number of fused-ring (bicyclic) bond motifs is 3. The van der Waals surface area contributed by atoms with Gasteiger partial charge in [0, 0.05) is 22.3 Å². The van der Waals surface area contributed by atoms with Crippen LogP contribution in [0.5, 0.6) is 0 Å². The molecule has 0 atom stereocenters. The van der Waals surface area contributed by atoms with Gasteiger partial charge < -0.3 is 4.90 Å². The molecule has 4 aromatic rings. The third-order valence-corrected chi connectivity index (χ3v) is 7.02. The first-order valence-electron chi connectivity index (χ1n) is 11.9. The summed E-state index contributed by atoms with van der Waals surface area (Å²) in [5.41, 5.74) is 11.8. The maximum absolute atomic E-state index is 2.50. The van der Waals surface area contributed by atoms with E-state index in [1.54, 1.807) is 0 Å². The lowest BCUT2D eigenvalue weighted by molar-refractivity contribution is 0.559. The molecule has 0 aliphatic heterocycles. The first kappa shape index (κ1) is 21.5. The van der Waals surface area contributed by atoms with Gasteiger partial charge in [0.05, 0.1) is 0 Å². The van der Waals surface area contributed by atoms with Gasteiger partial charge in [-0.1, -0.05) is 86.6 Å². The number of rotatable bonds is 3. The maximum Gasteiger partial charge on any atom is 0.0451 e. The fourth-order valence-electron chi connectivity index (χ4n) is 5.43. The van der Waals surface area contributed by atoms with Gasteiger partial charge in [0.1, 0.15) is 0 Å². The van der Waals surface area contributed by atoms with Crippen LogP contribution in [0.4, 0.5) is 11.4 Å². The van der Waals surface area contributed by atoms with Crippen LogP contribution in [0.15, 0.2) is 91.0 Å². The van der Waals surface area contributed by atoms with Crippen molar-refractivity contribution in [2.45, 2.75) is 52.5 Å². The van der Waals surface area contributed by atoms with E-state index in [-0.39, 0.29) is 11.0 Å². The quantitative estimate of drug-likeness (QED) is 0.313. The molecule has 1 heteroatoms. The molecule has 5 rings (SSSR count). The van der Waals surface area contributed by atoms with Crippen LogP contribution >= 0.6 is 0 Å². The minimum Gasteiger partial charge on any atom is -0.336 e. The smallest absolute Gasteiger partial charge is 0.0451 e. The first-order valence-corrected chi connectivity index (χ1v) is 11.9. The van der Waals surface area contributed by atoms with Crippen LogP contribution in [0.2, 0.25) is 0 Å². The van der Waals surface area contributed by atoms with Gasteiger partial charge in [0.25, 0.3) is 0 Å². The summed E-state index contributed by atoms with van der Waals surface area (Å²) in [6.45, 7) is 13.9. The number of benzene rings is 4. The molecule has 0 amide bonds. The van der Waals surface area contributed by atoms with Crippen molar-refractivity contribution in [3.8, 4) is 22.3 Å². The molecule has 1 aliphatic carbocycles. The van der Waals surface area contributed by atoms with Gasteiger partial charge in [-0.05, 0) is 84.8 Å². The van der Waals surface area contributed by atoms with Gasteiger partial charge in [0.15, 0.2) is 0 Å². The summed E-state index contributed by atoms with van der Waals surface area (Å²) >= 11 is 0. The zero-order valence-corrected chi connectivity index (χ0v) is 20.6. The molecule has 0 bridgehead atoms. The summed E-state index contributed by atoms with van der Waals surface area (Å²) in [5, 5.41) is 0. The van der Waals surface area contributed by atoms with Crippen molar-refractivity contribution in [2.24, 2.45) is 0 Å². The van der Waals surface area contributed by atoms with E-state index in [1.165, 1.54) is 50.3 Å². The first-order chi connectivity index (χ1) is 15.7. The summed E-state index contributed by atoms with van der Waals surface area (Å²) in [6.07, 6.45) is 0. The Kier molecular flexibility index (Phi) is 4.97. The van der Waals surface area contributed by atoms with E-state index >= 15 is 0 Å². The topological polar surface area (TPSA) is 3.24 Å². The fraction of sp³-hybridized carbons (Fsp3) is 0.250. The van der Waals surface area contributed by atoms with Crippen LogP contribution in [-0.4, -0.2) is 5.54 Å². The maximum atomic E-state index is 2.50. The largest absolute Gasteiger partial charge is 0.336 e. The molecule has 0 saturated carbocycles. The Morgan fingerprint density at radius 1 is 0.636 bits per heavy atom. The number of hydrogen-bond donors (Lipinski definition) is 0. The van der Waals surface area contributed by atoms with E-state index in [0.717, 1.165) is 0 Å². The summed E-state index contributed by atoms with van der Waals surface area (Å²) in [5.74, 6) is 0. The molecule has 4 aromatic carbocycles. The lowest BCUT2D eigenvalue weighted by Crippen LogP contribution is -2.38. The zero-order valence-electron chi connectivity index (χ0n) is 20.6. The molecule has 0 unspecified atom stereocenters. The highest BCUT2D eigenvalue weighted by Crippen LogP contribution is 2.51. The van der Waals surface area contributed by atoms with Gasteiger partial charge in [-0.25, -0.2) is 0 Å². The molecule has 0 aromatic heterocycles. The molecule has 0 spiro atoms. The number of aryl methyl sites for hydroxylation is 1. The lowest BCUT2D eigenvalue weighted by Gasteiger charge is -2.39. The van der Waals surface area contributed by atoms with Crippen LogP contribution in [0.25, 0.3) is 22.3 Å². The monoisotopic (exact) mass is 431 g/mol. The normalized spacial score (nSPS) is 14.0. The second-order valence-electron chi connectivity index (χ2n) is 10.8. The van der Waals surface area contributed by atoms with Crippen molar-refractivity contribution in [3.63, 3.8) is 0 Å². The average molecular weight is 432 g/mol. The second kappa shape index (κ2) is 7.63. The summed E-state index contributed by atoms with van der Waals surface area (Å²) < 4.78 is 0. The molecular weight excluding hydrogens is 398 g/mol. The standard InChI is InChI=1S/C32H33N/c1-22-19-29-27(26-17-10-11-18-28(26)32(29,5)6)21-30(22)33(31(2,3)4)25-16-12-15-24(20-25)23-13-8-7-9-14-23/h7-21H,1-6H3.